The molecule has 2 nitrogen and oxygen atoms in total. The predicted molar refractivity (Wildman–Crippen MR) is 94.2 cm³/mol. The van der Waals surface area contributed by atoms with Crippen LogP contribution < -0.4 is 0 Å². The molecular weight excluding hydrogens is 350 g/mol. The Morgan fingerprint density at radius 3 is 2.29 bits per heavy atom. The molecule has 0 N–H and O–H groups in total. The fourth-order valence-electron chi connectivity index (χ4n) is 1.91. The molecule has 2 aromatic carbocycles. The van der Waals surface area contributed by atoms with E-state index in [1.165, 1.54) is 0 Å². The lowest BCUT2D eigenvalue weighted by molar-refractivity contribution is 0.0687. The van der Waals surface area contributed by atoms with Crippen LogP contribution in [0.3, 0.4) is 0 Å². The second-order valence-corrected chi connectivity index (χ2v) is 5.28. The zero-order valence-corrected chi connectivity index (χ0v) is 13.7. The molecule has 0 saturated heterocycles. The third-order valence-corrected chi connectivity index (χ3v) is 3.40. The third kappa shape index (κ3) is 5.79. The van der Waals surface area contributed by atoms with Gasteiger partial charge in [-0.25, -0.2) is 0 Å². The highest BCUT2D eigenvalue weighted by Crippen LogP contribution is 2.27. The van der Waals surface area contributed by atoms with Gasteiger partial charge in [0.2, 0.25) is 0 Å². The molecule has 2 aromatic rings. The number of nitrogens with zero attached hydrogens (tertiary/aromatic N) is 1. The molecule has 0 aliphatic carbocycles. The lowest BCUT2D eigenvalue weighted by Gasteiger charge is -2.20. The predicted octanol–water partition coefficient (Wildman–Crippen LogP) is 4.54. The maximum atomic E-state index is 7.42. The molecule has 0 aliphatic rings. The zero-order chi connectivity index (χ0) is 19.4. The van der Waals surface area contributed by atoms with Crippen molar-refractivity contribution in [3.05, 3.63) is 70.2 Å². The first-order valence-electron chi connectivity index (χ1n) is 9.29. The Labute approximate surface area is 150 Å². The monoisotopic (exact) mass is 375 g/mol. The van der Waals surface area contributed by atoms with Crippen molar-refractivity contribution in [2.24, 2.45) is 0 Å². The lowest BCUT2D eigenvalue weighted by atomic mass is 10.0. The first kappa shape index (κ1) is 10.8. The molecule has 0 radical (unpaired) electrons. The van der Waals surface area contributed by atoms with Crippen LogP contribution >= 0.6 is 28.3 Å². The Morgan fingerprint density at radius 2 is 1.67 bits per heavy atom. The van der Waals surface area contributed by atoms with E-state index in [1.807, 2.05) is 54.6 Å². The smallest absolute Gasteiger partial charge is 0.108 e. The summed E-state index contributed by atoms with van der Waals surface area (Å²) in [5, 5.41) is 0. The molecule has 0 bridgehead atoms. The Balaban J connectivity index is 0.00000364. The summed E-state index contributed by atoms with van der Waals surface area (Å²) in [5.41, 5.74) is 1.80. The van der Waals surface area contributed by atoms with Gasteiger partial charge in [-0.15, -0.1) is 12.4 Å². The molecule has 114 valence electrons. The van der Waals surface area contributed by atoms with Crippen molar-refractivity contribution in [1.29, 1.82) is 0 Å². The molecule has 0 spiro atoms. The molecule has 0 aliphatic heterocycles. The van der Waals surface area contributed by atoms with Crippen LogP contribution in [0.15, 0.2) is 59.1 Å². The van der Waals surface area contributed by atoms with E-state index in [0.717, 1.165) is 15.6 Å². The fraction of sp³-hybridized carbons (Fsp3) is 0.294. The standard InChI is InChI=1S/C17H20BrNO.ClH/c1-19(2)12-13-20-17(14-6-4-3-5-7-14)15-8-10-16(18)11-9-15;/h3-11,17H,12-13H2,1-2H3;1H/i1D3,2D3;. The van der Waals surface area contributed by atoms with Gasteiger partial charge in [-0.3, -0.25) is 0 Å². The van der Waals surface area contributed by atoms with E-state index < -0.39 is 20.1 Å². The first-order chi connectivity index (χ1) is 12.1. The second-order valence-electron chi connectivity index (χ2n) is 4.36. The minimum atomic E-state index is -2.71. The minimum Gasteiger partial charge on any atom is -0.367 e. The van der Waals surface area contributed by atoms with Gasteiger partial charge in [-0.05, 0) is 37.2 Å². The van der Waals surface area contributed by atoms with Crippen LogP contribution in [0.5, 0.6) is 0 Å². The van der Waals surface area contributed by atoms with Gasteiger partial charge >= 0.3 is 0 Å². The van der Waals surface area contributed by atoms with Crippen LogP contribution in [0.2, 0.25) is 0 Å². The highest BCUT2D eigenvalue weighted by Gasteiger charge is 2.14. The average molecular weight is 377 g/mol. The molecule has 4 heteroatoms. The number of benzene rings is 2. The molecule has 1 unspecified atom stereocenters. The summed E-state index contributed by atoms with van der Waals surface area (Å²) in [6.45, 7) is -5.69. The van der Waals surface area contributed by atoms with Gasteiger partial charge in [0.05, 0.1) is 6.61 Å². The van der Waals surface area contributed by atoms with Crippen molar-refractivity contribution < 1.29 is 13.0 Å². The summed E-state index contributed by atoms with van der Waals surface area (Å²) in [6.07, 6.45) is -0.417. The molecule has 0 fully saturated rings. The Kier molecular flexibility index (Phi) is 4.73. The van der Waals surface area contributed by atoms with Gasteiger partial charge in [0.1, 0.15) is 6.10 Å². The minimum absolute atomic E-state index is 0. The number of hydrogen-bond acceptors (Lipinski definition) is 2. The van der Waals surface area contributed by atoms with Crippen LogP contribution in [-0.4, -0.2) is 32.0 Å². The fourth-order valence-corrected chi connectivity index (χ4v) is 2.18. The van der Waals surface area contributed by atoms with E-state index in [0.29, 0.717) is 4.90 Å². The van der Waals surface area contributed by atoms with Crippen LogP contribution in [0.1, 0.15) is 25.5 Å². The molecule has 0 amide bonds. The summed E-state index contributed by atoms with van der Waals surface area (Å²) in [6, 6.07) is 17.1. The van der Waals surface area contributed by atoms with Crippen molar-refractivity contribution >= 4 is 28.3 Å². The highest BCUT2D eigenvalue weighted by atomic mass is 79.9. The number of rotatable bonds is 6. The van der Waals surface area contributed by atoms with Gasteiger partial charge in [0.25, 0.3) is 0 Å². The van der Waals surface area contributed by atoms with E-state index >= 15 is 0 Å². The van der Waals surface area contributed by atoms with Gasteiger partial charge in [-0.2, -0.15) is 0 Å². The normalized spacial score (nSPS) is 17.4. The number of halogens is 2. The van der Waals surface area contributed by atoms with Gasteiger partial charge < -0.3 is 9.64 Å². The SMILES string of the molecule is Cl.[2H]C([2H])([2H])N(CCOC(c1ccccc1)c1ccc(Br)cc1)C([2H])([2H])[2H]. The average Bonchev–Trinajstić information content (AvgIpc) is 2.54. The molecule has 0 heterocycles. The second kappa shape index (κ2) is 9.21. The lowest BCUT2D eigenvalue weighted by Crippen LogP contribution is -2.20. The number of hydrogen-bond donors (Lipinski definition) is 0. The van der Waals surface area contributed by atoms with Crippen molar-refractivity contribution in [2.45, 2.75) is 6.10 Å². The van der Waals surface area contributed by atoms with Crippen molar-refractivity contribution in [2.75, 3.05) is 27.1 Å². The van der Waals surface area contributed by atoms with Crippen LogP contribution in [-0.2, 0) is 4.74 Å². The van der Waals surface area contributed by atoms with E-state index in [1.54, 1.807) is 0 Å². The van der Waals surface area contributed by atoms with E-state index in [9.17, 15) is 0 Å². The largest absolute Gasteiger partial charge is 0.367 e. The maximum Gasteiger partial charge on any atom is 0.108 e. The summed E-state index contributed by atoms with van der Waals surface area (Å²) in [5.74, 6) is 0. The molecule has 21 heavy (non-hydrogen) atoms. The molecular formula is C17H21BrClNO. The molecule has 2 rings (SSSR count). The zero-order valence-electron chi connectivity index (χ0n) is 17.3. The summed E-state index contributed by atoms with van der Waals surface area (Å²) >= 11 is 3.39. The summed E-state index contributed by atoms with van der Waals surface area (Å²) in [4.78, 5) is 0.504. The summed E-state index contributed by atoms with van der Waals surface area (Å²) in [7, 11) is 0. The van der Waals surface area contributed by atoms with Crippen molar-refractivity contribution in [1.82, 2.24) is 4.90 Å². The summed E-state index contributed by atoms with van der Waals surface area (Å²) < 4.78 is 51.4. The quantitative estimate of drug-likeness (QED) is 0.734. The van der Waals surface area contributed by atoms with E-state index in [-0.39, 0.29) is 25.6 Å². The van der Waals surface area contributed by atoms with Crippen LogP contribution in [0.4, 0.5) is 0 Å². The van der Waals surface area contributed by atoms with Gasteiger partial charge in [0, 0.05) is 19.2 Å². The molecule has 0 saturated carbocycles. The van der Waals surface area contributed by atoms with Crippen LogP contribution in [0.25, 0.3) is 0 Å². The van der Waals surface area contributed by atoms with Crippen molar-refractivity contribution in [3.8, 4) is 0 Å². The first-order valence-corrected chi connectivity index (χ1v) is 7.08. The number of ether oxygens (including phenoxy) is 1. The maximum absolute atomic E-state index is 7.42. The van der Waals surface area contributed by atoms with E-state index in [4.69, 9.17) is 13.0 Å². The number of likely N-dealkylation sites (N-methyl/N-ethyl adjacent to an activating group) is 1. The van der Waals surface area contributed by atoms with Crippen LogP contribution in [0, 0.1) is 0 Å². The highest BCUT2D eigenvalue weighted by molar-refractivity contribution is 9.10. The Bertz CT molecular complexity index is 679. The Hall–Kier alpha value is -0.870. The van der Waals surface area contributed by atoms with Gasteiger partial charge in [0.15, 0.2) is 0 Å². The molecule has 0 aromatic heterocycles. The van der Waals surface area contributed by atoms with E-state index in [2.05, 4.69) is 15.9 Å². The third-order valence-electron chi connectivity index (χ3n) is 2.87. The topological polar surface area (TPSA) is 12.5 Å². The molecule has 1 atom stereocenters. The van der Waals surface area contributed by atoms with Gasteiger partial charge in [-0.1, -0.05) is 58.4 Å². The Morgan fingerprint density at radius 1 is 1.05 bits per heavy atom. The van der Waals surface area contributed by atoms with Crippen molar-refractivity contribution in [3.63, 3.8) is 0 Å².